The number of carbonyl (C=O) groups excluding carboxylic acids is 1. The molecule has 0 aliphatic heterocycles. The summed E-state index contributed by atoms with van der Waals surface area (Å²) in [6.07, 6.45) is 0. The number of carbonyl (C=O) groups is 1. The second-order valence-electron chi connectivity index (χ2n) is 6.96. The first-order valence-electron chi connectivity index (χ1n) is 9.67. The van der Waals surface area contributed by atoms with Crippen LogP contribution in [0.25, 0.3) is 5.69 Å². The molecule has 0 saturated heterocycles. The molecule has 1 aromatic heterocycles. The van der Waals surface area contributed by atoms with Crippen LogP contribution in [0.5, 0.6) is 5.75 Å². The third kappa shape index (κ3) is 5.22. The molecule has 1 unspecified atom stereocenters. The number of aromatic nitrogens is 3. The minimum atomic E-state index is 0.0240. The van der Waals surface area contributed by atoms with Crippen LogP contribution < -0.4 is 4.74 Å². The second kappa shape index (κ2) is 10.1. The lowest BCUT2D eigenvalue weighted by Crippen LogP contribution is -2.20. The number of benzene rings is 2. The highest BCUT2D eigenvalue weighted by Gasteiger charge is 2.21. The highest BCUT2D eigenvalue weighted by molar-refractivity contribution is 7.99. The fourth-order valence-electron chi connectivity index (χ4n) is 2.83. The summed E-state index contributed by atoms with van der Waals surface area (Å²) in [6, 6.07) is 14.8. The van der Waals surface area contributed by atoms with Gasteiger partial charge in [-0.2, -0.15) is 0 Å². The molecule has 0 bridgehead atoms. The number of nitrogens with zero attached hydrogens (tertiary/aromatic N) is 4. The van der Waals surface area contributed by atoms with Gasteiger partial charge in [0.2, 0.25) is 0 Å². The normalized spacial score (nSPS) is 12.2. The molecule has 0 amide bonds. The Morgan fingerprint density at radius 1 is 1.13 bits per heavy atom. The number of rotatable bonds is 9. The van der Waals surface area contributed by atoms with Gasteiger partial charge >= 0.3 is 0 Å². The molecule has 1 heterocycles. The number of Topliss-reactive ketones (excluding diaryl/α,β-unsaturated/α-hetero) is 1. The van der Waals surface area contributed by atoms with Gasteiger partial charge in [-0.05, 0) is 76.5 Å². The van der Waals surface area contributed by atoms with E-state index >= 15 is 0 Å². The second-order valence-corrected chi connectivity index (χ2v) is 8.34. The van der Waals surface area contributed by atoms with Crippen LogP contribution in [0, 0.1) is 0 Å². The van der Waals surface area contributed by atoms with E-state index in [1.54, 1.807) is 12.1 Å². The predicted octanol–water partition coefficient (Wildman–Crippen LogP) is 4.92. The lowest BCUT2D eigenvalue weighted by molar-refractivity contribution is 0.102. The molecule has 1 atom stereocenters. The summed E-state index contributed by atoms with van der Waals surface area (Å²) in [7, 11) is 3.99. The van der Waals surface area contributed by atoms with Gasteiger partial charge < -0.3 is 4.74 Å². The van der Waals surface area contributed by atoms with Crippen LogP contribution in [-0.2, 0) is 0 Å². The fraction of sp³-hybridized carbons (Fsp3) is 0.318. The maximum absolute atomic E-state index is 12.7. The van der Waals surface area contributed by atoms with Gasteiger partial charge in [-0.25, -0.2) is 0 Å². The molecule has 2 aromatic carbocycles. The van der Waals surface area contributed by atoms with Crippen LogP contribution in [0.3, 0.4) is 0 Å². The van der Waals surface area contributed by atoms with Gasteiger partial charge in [-0.3, -0.25) is 14.3 Å². The van der Waals surface area contributed by atoms with Gasteiger partial charge in [-0.15, -0.1) is 10.2 Å². The van der Waals surface area contributed by atoms with E-state index in [1.807, 2.05) is 62.0 Å². The van der Waals surface area contributed by atoms with Crippen molar-refractivity contribution >= 4 is 29.1 Å². The molecule has 0 N–H and O–H groups in total. The molecule has 0 fully saturated rings. The summed E-state index contributed by atoms with van der Waals surface area (Å²) >= 11 is 7.43. The highest BCUT2D eigenvalue weighted by Crippen LogP contribution is 2.28. The Kier molecular flexibility index (Phi) is 7.53. The van der Waals surface area contributed by atoms with Crippen LogP contribution in [0.2, 0.25) is 5.02 Å². The van der Waals surface area contributed by atoms with E-state index in [1.165, 1.54) is 11.8 Å². The maximum atomic E-state index is 12.7. The van der Waals surface area contributed by atoms with Crippen molar-refractivity contribution in [3.8, 4) is 11.4 Å². The van der Waals surface area contributed by atoms with E-state index in [0.717, 1.165) is 17.3 Å². The molecule has 0 aliphatic carbocycles. The average molecular weight is 445 g/mol. The number of hydrogen-bond acceptors (Lipinski definition) is 6. The zero-order chi connectivity index (χ0) is 21.7. The van der Waals surface area contributed by atoms with Gasteiger partial charge in [-0.1, -0.05) is 23.4 Å². The van der Waals surface area contributed by atoms with Gasteiger partial charge in [0.05, 0.1) is 18.4 Å². The number of halogens is 1. The van der Waals surface area contributed by atoms with Crippen LogP contribution in [0.4, 0.5) is 0 Å². The van der Waals surface area contributed by atoms with E-state index in [4.69, 9.17) is 16.3 Å². The number of thioether (sulfide) groups is 1. The van der Waals surface area contributed by atoms with E-state index in [2.05, 4.69) is 22.0 Å². The molecule has 0 spiro atoms. The zero-order valence-electron chi connectivity index (χ0n) is 17.5. The number of ketones is 1. The fourth-order valence-corrected chi connectivity index (χ4v) is 3.81. The summed E-state index contributed by atoms with van der Waals surface area (Å²) in [6.45, 7) is 4.59. The highest BCUT2D eigenvalue weighted by atomic mass is 35.5. The van der Waals surface area contributed by atoms with Crippen molar-refractivity contribution in [3.05, 3.63) is 64.9 Å². The first-order valence-corrected chi connectivity index (χ1v) is 11.0. The van der Waals surface area contributed by atoms with Gasteiger partial charge in [0.25, 0.3) is 0 Å². The molecule has 0 aliphatic rings. The van der Waals surface area contributed by atoms with Crippen molar-refractivity contribution in [1.29, 1.82) is 0 Å². The minimum Gasteiger partial charge on any atom is -0.494 e. The molecular formula is C22H25ClN4O2S. The predicted molar refractivity (Wildman–Crippen MR) is 121 cm³/mol. The molecule has 0 saturated carbocycles. The quantitative estimate of drug-likeness (QED) is 0.345. The standard InChI is InChI=1S/C22H25ClN4O2S/c1-5-29-19-12-6-16(7-13-19)20(28)14-30-22-25-24-21(15(2)26(3)4)27(22)18-10-8-17(23)9-11-18/h6-13,15H,5,14H2,1-4H3. The Labute approximate surface area is 186 Å². The first-order chi connectivity index (χ1) is 14.4. The third-order valence-corrected chi connectivity index (χ3v) is 5.89. The number of ether oxygens (including phenoxy) is 1. The van der Waals surface area contributed by atoms with Gasteiger partial charge in [0, 0.05) is 16.3 Å². The van der Waals surface area contributed by atoms with Crippen molar-refractivity contribution in [2.45, 2.75) is 25.0 Å². The topological polar surface area (TPSA) is 60.2 Å². The molecule has 0 radical (unpaired) electrons. The maximum Gasteiger partial charge on any atom is 0.196 e. The number of hydrogen-bond donors (Lipinski definition) is 0. The van der Waals surface area contributed by atoms with Crippen molar-refractivity contribution in [2.24, 2.45) is 0 Å². The Morgan fingerprint density at radius 2 is 1.80 bits per heavy atom. The van der Waals surface area contributed by atoms with E-state index in [9.17, 15) is 4.79 Å². The molecule has 6 nitrogen and oxygen atoms in total. The van der Waals surface area contributed by atoms with Crippen molar-refractivity contribution in [3.63, 3.8) is 0 Å². The van der Waals surface area contributed by atoms with Crippen LogP contribution in [0.1, 0.15) is 36.1 Å². The van der Waals surface area contributed by atoms with Gasteiger partial charge in [0.15, 0.2) is 16.8 Å². The van der Waals surface area contributed by atoms with Crippen molar-refractivity contribution < 1.29 is 9.53 Å². The Hall–Kier alpha value is -2.35. The summed E-state index contributed by atoms with van der Waals surface area (Å²) in [5.74, 6) is 1.84. The monoisotopic (exact) mass is 444 g/mol. The Balaban J connectivity index is 1.83. The molecule has 3 rings (SSSR count). The first kappa shape index (κ1) is 22.3. The third-order valence-electron chi connectivity index (χ3n) is 4.71. The Bertz CT molecular complexity index is 987. The lowest BCUT2D eigenvalue weighted by atomic mass is 10.1. The van der Waals surface area contributed by atoms with Crippen LogP contribution >= 0.6 is 23.4 Å². The average Bonchev–Trinajstić information content (AvgIpc) is 3.16. The van der Waals surface area contributed by atoms with Crippen LogP contribution in [-0.4, -0.2) is 51.9 Å². The molecular weight excluding hydrogens is 420 g/mol. The molecule has 3 aromatic rings. The lowest BCUT2D eigenvalue weighted by Gasteiger charge is -2.20. The molecule has 8 heteroatoms. The van der Waals surface area contributed by atoms with E-state index in [0.29, 0.717) is 22.3 Å². The largest absolute Gasteiger partial charge is 0.494 e. The van der Waals surface area contributed by atoms with E-state index < -0.39 is 0 Å². The van der Waals surface area contributed by atoms with Crippen molar-refractivity contribution in [2.75, 3.05) is 26.5 Å². The summed E-state index contributed by atoms with van der Waals surface area (Å²) in [4.78, 5) is 14.7. The minimum absolute atomic E-state index is 0.0240. The van der Waals surface area contributed by atoms with Crippen LogP contribution in [0.15, 0.2) is 53.7 Å². The molecule has 158 valence electrons. The van der Waals surface area contributed by atoms with E-state index in [-0.39, 0.29) is 17.6 Å². The summed E-state index contributed by atoms with van der Waals surface area (Å²) in [5.41, 5.74) is 1.55. The summed E-state index contributed by atoms with van der Waals surface area (Å²) < 4.78 is 7.42. The SMILES string of the molecule is CCOc1ccc(C(=O)CSc2nnc(C(C)N(C)C)n2-c2ccc(Cl)cc2)cc1. The molecule has 30 heavy (non-hydrogen) atoms. The van der Waals surface area contributed by atoms with Crippen molar-refractivity contribution in [1.82, 2.24) is 19.7 Å². The van der Waals surface area contributed by atoms with Gasteiger partial charge in [0.1, 0.15) is 5.75 Å². The Morgan fingerprint density at radius 3 is 2.40 bits per heavy atom. The summed E-state index contributed by atoms with van der Waals surface area (Å²) in [5, 5.41) is 10.1. The zero-order valence-corrected chi connectivity index (χ0v) is 19.1. The smallest absolute Gasteiger partial charge is 0.196 e.